The molecule has 0 atom stereocenters. The SMILES string of the molecule is CN(CC(=O)N1CCCC1)C(=O)C1CCNCC1. The summed E-state index contributed by atoms with van der Waals surface area (Å²) < 4.78 is 0. The Morgan fingerprint density at radius 3 is 2.44 bits per heavy atom. The van der Waals surface area contributed by atoms with Crippen LogP contribution in [-0.2, 0) is 9.59 Å². The minimum absolute atomic E-state index is 0.0947. The summed E-state index contributed by atoms with van der Waals surface area (Å²) in [5.41, 5.74) is 0. The van der Waals surface area contributed by atoms with Crippen molar-refractivity contribution in [3.05, 3.63) is 0 Å². The topological polar surface area (TPSA) is 52.7 Å². The monoisotopic (exact) mass is 253 g/mol. The van der Waals surface area contributed by atoms with Crippen LogP contribution in [-0.4, -0.2) is 61.4 Å². The largest absolute Gasteiger partial charge is 0.341 e. The van der Waals surface area contributed by atoms with Crippen molar-refractivity contribution < 1.29 is 9.59 Å². The molecule has 2 aliphatic rings. The van der Waals surface area contributed by atoms with E-state index < -0.39 is 0 Å². The van der Waals surface area contributed by atoms with E-state index in [0.717, 1.165) is 51.9 Å². The van der Waals surface area contributed by atoms with Gasteiger partial charge in [-0.1, -0.05) is 0 Å². The quantitative estimate of drug-likeness (QED) is 0.774. The molecule has 0 aromatic rings. The molecule has 0 aromatic heterocycles. The minimum atomic E-state index is 0.0947. The summed E-state index contributed by atoms with van der Waals surface area (Å²) in [5, 5.41) is 3.25. The number of nitrogens with zero attached hydrogens (tertiary/aromatic N) is 2. The molecular weight excluding hydrogens is 230 g/mol. The molecule has 2 amide bonds. The summed E-state index contributed by atoms with van der Waals surface area (Å²) >= 11 is 0. The maximum Gasteiger partial charge on any atom is 0.242 e. The highest BCUT2D eigenvalue weighted by Crippen LogP contribution is 2.15. The Morgan fingerprint density at radius 1 is 1.22 bits per heavy atom. The second-order valence-corrected chi connectivity index (χ2v) is 5.31. The Labute approximate surface area is 108 Å². The lowest BCUT2D eigenvalue weighted by Gasteiger charge is -2.27. The van der Waals surface area contributed by atoms with Crippen molar-refractivity contribution in [2.24, 2.45) is 5.92 Å². The van der Waals surface area contributed by atoms with Gasteiger partial charge < -0.3 is 15.1 Å². The predicted molar refractivity (Wildman–Crippen MR) is 69.0 cm³/mol. The van der Waals surface area contributed by atoms with Crippen molar-refractivity contribution in [2.45, 2.75) is 25.7 Å². The van der Waals surface area contributed by atoms with E-state index in [1.165, 1.54) is 0 Å². The number of hydrogen-bond donors (Lipinski definition) is 1. The average Bonchev–Trinajstić information content (AvgIpc) is 2.92. The van der Waals surface area contributed by atoms with Gasteiger partial charge in [0.05, 0.1) is 6.54 Å². The highest BCUT2D eigenvalue weighted by atomic mass is 16.2. The Morgan fingerprint density at radius 2 is 1.83 bits per heavy atom. The van der Waals surface area contributed by atoms with Gasteiger partial charge in [-0.25, -0.2) is 0 Å². The van der Waals surface area contributed by atoms with E-state index in [2.05, 4.69) is 5.32 Å². The molecule has 2 aliphatic heterocycles. The van der Waals surface area contributed by atoms with Gasteiger partial charge >= 0.3 is 0 Å². The van der Waals surface area contributed by atoms with Crippen molar-refractivity contribution in [1.82, 2.24) is 15.1 Å². The molecule has 5 heteroatoms. The lowest BCUT2D eigenvalue weighted by molar-refractivity contribution is -0.141. The molecule has 102 valence electrons. The third-order valence-electron chi connectivity index (χ3n) is 3.90. The normalized spacial score (nSPS) is 21.1. The molecule has 2 fully saturated rings. The molecule has 2 saturated heterocycles. The second-order valence-electron chi connectivity index (χ2n) is 5.31. The van der Waals surface area contributed by atoms with Gasteiger partial charge in [-0.15, -0.1) is 0 Å². The van der Waals surface area contributed by atoms with E-state index in [4.69, 9.17) is 0 Å². The molecule has 0 spiro atoms. The number of nitrogens with one attached hydrogen (secondary N) is 1. The summed E-state index contributed by atoms with van der Waals surface area (Å²) in [6.45, 7) is 3.76. The van der Waals surface area contributed by atoms with Crippen LogP contribution in [0.25, 0.3) is 0 Å². The summed E-state index contributed by atoms with van der Waals surface area (Å²) in [6.07, 6.45) is 3.97. The van der Waals surface area contributed by atoms with Crippen LogP contribution in [0.15, 0.2) is 0 Å². The van der Waals surface area contributed by atoms with Gasteiger partial charge in [-0.05, 0) is 38.8 Å². The Balaban J connectivity index is 1.80. The molecular formula is C13H23N3O2. The summed E-state index contributed by atoms with van der Waals surface area (Å²) in [7, 11) is 1.75. The number of hydrogen-bond acceptors (Lipinski definition) is 3. The van der Waals surface area contributed by atoms with E-state index in [0.29, 0.717) is 0 Å². The van der Waals surface area contributed by atoms with E-state index in [-0.39, 0.29) is 24.3 Å². The molecule has 0 aromatic carbocycles. The molecule has 2 heterocycles. The van der Waals surface area contributed by atoms with Crippen LogP contribution in [0.4, 0.5) is 0 Å². The van der Waals surface area contributed by atoms with Crippen LogP contribution in [0.3, 0.4) is 0 Å². The molecule has 0 saturated carbocycles. The first kappa shape index (κ1) is 13.3. The molecule has 0 aliphatic carbocycles. The fraction of sp³-hybridized carbons (Fsp3) is 0.846. The molecule has 5 nitrogen and oxygen atoms in total. The Hall–Kier alpha value is -1.10. The Kier molecular flexibility index (Phi) is 4.58. The predicted octanol–water partition coefficient (Wildman–Crippen LogP) is 0.0668. The first-order valence-corrected chi connectivity index (χ1v) is 6.92. The number of piperidine rings is 1. The van der Waals surface area contributed by atoms with E-state index in [1.54, 1.807) is 11.9 Å². The first-order chi connectivity index (χ1) is 8.68. The molecule has 1 N–H and O–H groups in total. The summed E-state index contributed by atoms with van der Waals surface area (Å²) in [6, 6.07) is 0. The maximum atomic E-state index is 12.2. The molecule has 0 radical (unpaired) electrons. The van der Waals surface area contributed by atoms with Gasteiger partial charge in [0.15, 0.2) is 0 Å². The lowest BCUT2D eigenvalue weighted by atomic mass is 9.97. The van der Waals surface area contributed by atoms with Crippen LogP contribution >= 0.6 is 0 Å². The third-order valence-corrected chi connectivity index (χ3v) is 3.90. The van der Waals surface area contributed by atoms with Crippen molar-refractivity contribution in [3.8, 4) is 0 Å². The standard InChI is InChI=1S/C13H23N3O2/c1-15(10-12(17)16-8-2-3-9-16)13(18)11-4-6-14-7-5-11/h11,14H,2-10H2,1H3. The zero-order valence-corrected chi connectivity index (χ0v) is 11.2. The van der Waals surface area contributed by atoms with Crippen molar-refractivity contribution in [2.75, 3.05) is 39.8 Å². The fourth-order valence-electron chi connectivity index (χ4n) is 2.73. The molecule has 2 rings (SSSR count). The van der Waals surface area contributed by atoms with E-state index in [9.17, 15) is 9.59 Å². The third kappa shape index (κ3) is 3.22. The van der Waals surface area contributed by atoms with Gasteiger partial charge in [0, 0.05) is 26.1 Å². The number of likely N-dealkylation sites (N-methyl/N-ethyl adjacent to an activating group) is 1. The second kappa shape index (κ2) is 6.18. The maximum absolute atomic E-state index is 12.2. The highest BCUT2D eigenvalue weighted by molar-refractivity contribution is 5.85. The van der Waals surface area contributed by atoms with Crippen LogP contribution in [0, 0.1) is 5.92 Å². The lowest BCUT2D eigenvalue weighted by Crippen LogP contribution is -2.44. The van der Waals surface area contributed by atoms with Crippen LogP contribution < -0.4 is 5.32 Å². The van der Waals surface area contributed by atoms with Crippen molar-refractivity contribution >= 4 is 11.8 Å². The zero-order chi connectivity index (χ0) is 13.0. The number of carbonyl (C=O) groups excluding carboxylic acids is 2. The van der Waals surface area contributed by atoms with Crippen molar-refractivity contribution in [3.63, 3.8) is 0 Å². The molecule has 0 unspecified atom stereocenters. The van der Waals surface area contributed by atoms with Gasteiger partial charge in [0.1, 0.15) is 0 Å². The molecule has 18 heavy (non-hydrogen) atoms. The van der Waals surface area contributed by atoms with Gasteiger partial charge in [0.2, 0.25) is 11.8 Å². The number of amides is 2. The number of likely N-dealkylation sites (tertiary alicyclic amines) is 1. The number of carbonyl (C=O) groups is 2. The van der Waals surface area contributed by atoms with Gasteiger partial charge in [-0.3, -0.25) is 9.59 Å². The number of rotatable bonds is 3. The van der Waals surface area contributed by atoms with Crippen LogP contribution in [0.1, 0.15) is 25.7 Å². The highest BCUT2D eigenvalue weighted by Gasteiger charge is 2.26. The minimum Gasteiger partial charge on any atom is -0.341 e. The Bertz CT molecular complexity index is 307. The zero-order valence-electron chi connectivity index (χ0n) is 11.2. The summed E-state index contributed by atoms with van der Waals surface area (Å²) in [5.74, 6) is 0.323. The van der Waals surface area contributed by atoms with E-state index >= 15 is 0 Å². The van der Waals surface area contributed by atoms with Crippen molar-refractivity contribution in [1.29, 1.82) is 0 Å². The van der Waals surface area contributed by atoms with Crippen LogP contribution in [0.2, 0.25) is 0 Å². The van der Waals surface area contributed by atoms with Crippen LogP contribution in [0.5, 0.6) is 0 Å². The first-order valence-electron chi connectivity index (χ1n) is 6.92. The summed E-state index contributed by atoms with van der Waals surface area (Å²) in [4.78, 5) is 27.6. The smallest absolute Gasteiger partial charge is 0.242 e. The van der Waals surface area contributed by atoms with Gasteiger partial charge in [-0.2, -0.15) is 0 Å². The fourth-order valence-corrected chi connectivity index (χ4v) is 2.73. The average molecular weight is 253 g/mol. The van der Waals surface area contributed by atoms with E-state index in [1.807, 2.05) is 4.90 Å². The molecule has 0 bridgehead atoms. The van der Waals surface area contributed by atoms with Gasteiger partial charge in [0.25, 0.3) is 0 Å².